The first-order chi connectivity index (χ1) is 18.2. The number of thiocarbonyl (C=S) groups is 1. The third-order valence-electron chi connectivity index (χ3n) is 8.01. The first-order valence-electron chi connectivity index (χ1n) is 13.4. The molecule has 2 aliphatic rings. The van der Waals surface area contributed by atoms with Gasteiger partial charge in [0.15, 0.2) is 0 Å². The van der Waals surface area contributed by atoms with Crippen molar-refractivity contribution in [2.45, 2.75) is 44.6 Å². The lowest BCUT2D eigenvalue weighted by molar-refractivity contribution is -0.119. The van der Waals surface area contributed by atoms with Gasteiger partial charge in [-0.05, 0) is 68.0 Å². The predicted molar refractivity (Wildman–Crippen MR) is 157 cm³/mol. The van der Waals surface area contributed by atoms with Gasteiger partial charge in [0, 0.05) is 60.2 Å². The molecule has 3 N–H and O–H groups in total. The van der Waals surface area contributed by atoms with Gasteiger partial charge in [0.25, 0.3) is 0 Å². The molecule has 9 heteroatoms. The molecule has 1 atom stereocenters. The van der Waals surface area contributed by atoms with E-state index in [1.165, 1.54) is 6.26 Å². The van der Waals surface area contributed by atoms with Crippen LogP contribution in [0.25, 0.3) is 22.0 Å². The maximum Gasteiger partial charge on any atom is 0.211 e. The number of sulfonamides is 1. The molecule has 1 aromatic heterocycles. The number of piperidine rings is 1. The molecular formula is C29H36N4O3S2. The Labute approximate surface area is 230 Å². The molecule has 2 fully saturated rings. The maximum atomic E-state index is 12.6. The van der Waals surface area contributed by atoms with Gasteiger partial charge in [-0.3, -0.25) is 4.79 Å². The van der Waals surface area contributed by atoms with E-state index in [4.69, 9.17) is 18.0 Å². The number of rotatable bonds is 9. The minimum Gasteiger partial charge on any atom is -0.389 e. The highest BCUT2D eigenvalue weighted by Gasteiger charge is 2.27. The molecule has 2 aromatic carbocycles. The highest BCUT2D eigenvalue weighted by atomic mass is 32.2. The van der Waals surface area contributed by atoms with Crippen molar-refractivity contribution >= 4 is 43.9 Å². The number of ketones is 1. The summed E-state index contributed by atoms with van der Waals surface area (Å²) >= 11 is 5.22. The smallest absolute Gasteiger partial charge is 0.211 e. The Morgan fingerprint density at radius 2 is 1.92 bits per heavy atom. The standard InChI is InChI=1S/C29H36N4O3S2/c1-38(35,36)32-13-10-24(11-14-32)33-19-27(22-3-2-4-23(17-22)29(30)37)26-8-6-20(16-28(26)33)5-7-25(34)15-21-9-12-31-18-21/h2-4,6,8,16-17,19,21,24,31H,5,7,9-15,18H2,1H3,(H2,30,37). The van der Waals surface area contributed by atoms with E-state index < -0.39 is 10.0 Å². The lowest BCUT2D eigenvalue weighted by Crippen LogP contribution is -2.38. The van der Waals surface area contributed by atoms with Gasteiger partial charge in [0.05, 0.1) is 6.26 Å². The van der Waals surface area contributed by atoms with Crippen LogP contribution in [0, 0.1) is 5.92 Å². The number of hydrogen-bond donors (Lipinski definition) is 2. The molecule has 3 aromatic rings. The number of aryl methyl sites for hydroxylation is 1. The van der Waals surface area contributed by atoms with Crippen LogP contribution in [0.1, 0.15) is 49.3 Å². The number of hydrogen-bond acceptors (Lipinski definition) is 5. The van der Waals surface area contributed by atoms with Crippen molar-refractivity contribution in [2.75, 3.05) is 32.4 Å². The van der Waals surface area contributed by atoms with E-state index in [2.05, 4.69) is 40.3 Å². The fourth-order valence-electron chi connectivity index (χ4n) is 5.87. The summed E-state index contributed by atoms with van der Waals surface area (Å²) in [6.07, 6.45) is 7.99. The molecule has 0 bridgehead atoms. The molecule has 0 aliphatic carbocycles. The van der Waals surface area contributed by atoms with Crippen molar-refractivity contribution in [1.82, 2.24) is 14.2 Å². The Morgan fingerprint density at radius 3 is 2.61 bits per heavy atom. The molecule has 2 aliphatic heterocycles. The van der Waals surface area contributed by atoms with Gasteiger partial charge in [-0.25, -0.2) is 12.7 Å². The maximum absolute atomic E-state index is 12.6. The number of benzene rings is 2. The number of nitrogens with zero attached hydrogens (tertiary/aromatic N) is 2. The summed E-state index contributed by atoms with van der Waals surface area (Å²) in [6.45, 7) is 2.98. The molecule has 0 spiro atoms. The number of carbonyl (C=O) groups excluding carboxylic acids is 1. The average Bonchev–Trinajstić information content (AvgIpc) is 3.55. The second-order valence-corrected chi connectivity index (χ2v) is 13.2. The van der Waals surface area contributed by atoms with E-state index >= 15 is 0 Å². The van der Waals surface area contributed by atoms with Crippen LogP contribution in [-0.2, 0) is 21.2 Å². The minimum absolute atomic E-state index is 0.190. The highest BCUT2D eigenvalue weighted by Crippen LogP contribution is 2.36. The first kappa shape index (κ1) is 27.0. The fourth-order valence-corrected chi connectivity index (χ4v) is 6.87. The van der Waals surface area contributed by atoms with E-state index in [-0.39, 0.29) is 6.04 Å². The summed E-state index contributed by atoms with van der Waals surface area (Å²) in [6, 6.07) is 14.7. The van der Waals surface area contributed by atoms with E-state index in [1.54, 1.807) is 4.31 Å². The summed E-state index contributed by atoms with van der Waals surface area (Å²) in [5.41, 5.74) is 11.1. The van der Waals surface area contributed by atoms with Crippen LogP contribution >= 0.6 is 12.2 Å². The third-order valence-corrected chi connectivity index (χ3v) is 9.55. The van der Waals surface area contributed by atoms with Crippen LogP contribution in [0.4, 0.5) is 0 Å². The third kappa shape index (κ3) is 6.01. The molecule has 5 rings (SSSR count). The molecule has 0 amide bonds. The fraction of sp³-hybridized carbons (Fsp3) is 0.448. The van der Waals surface area contributed by atoms with E-state index in [1.807, 2.05) is 18.2 Å². The minimum atomic E-state index is -3.19. The second kappa shape index (κ2) is 11.3. The summed E-state index contributed by atoms with van der Waals surface area (Å²) in [4.78, 5) is 13.0. The average molecular weight is 553 g/mol. The Morgan fingerprint density at radius 1 is 1.13 bits per heavy atom. The molecule has 0 saturated carbocycles. The lowest BCUT2D eigenvalue weighted by Gasteiger charge is -2.31. The molecule has 2 saturated heterocycles. The van der Waals surface area contributed by atoms with Gasteiger partial charge >= 0.3 is 0 Å². The molecule has 7 nitrogen and oxygen atoms in total. The van der Waals surface area contributed by atoms with E-state index in [0.717, 1.165) is 71.9 Å². The van der Waals surface area contributed by atoms with Crippen LogP contribution in [0.3, 0.4) is 0 Å². The van der Waals surface area contributed by atoms with Crippen LogP contribution in [0.2, 0.25) is 0 Å². The van der Waals surface area contributed by atoms with Crippen molar-refractivity contribution in [3.63, 3.8) is 0 Å². The molecule has 0 radical (unpaired) electrons. The van der Waals surface area contributed by atoms with Crippen LogP contribution in [0.5, 0.6) is 0 Å². The van der Waals surface area contributed by atoms with Crippen LogP contribution < -0.4 is 11.1 Å². The second-order valence-electron chi connectivity index (χ2n) is 10.7. The summed E-state index contributed by atoms with van der Waals surface area (Å²) in [5.74, 6) is 0.803. The zero-order valence-electron chi connectivity index (χ0n) is 21.9. The number of fused-ring (bicyclic) bond motifs is 1. The number of aromatic nitrogens is 1. The largest absolute Gasteiger partial charge is 0.389 e. The number of nitrogens with two attached hydrogens (primary N) is 1. The van der Waals surface area contributed by atoms with Crippen molar-refractivity contribution in [1.29, 1.82) is 0 Å². The number of Topliss-reactive ketones (excluding diaryl/α,β-unsaturated/α-hetero) is 1. The Balaban J connectivity index is 1.45. The Hall–Kier alpha value is -2.59. The molecule has 3 heterocycles. The van der Waals surface area contributed by atoms with Crippen molar-refractivity contribution in [2.24, 2.45) is 11.7 Å². The zero-order chi connectivity index (χ0) is 26.9. The van der Waals surface area contributed by atoms with E-state index in [9.17, 15) is 13.2 Å². The Kier molecular flexibility index (Phi) is 8.00. The monoisotopic (exact) mass is 552 g/mol. The van der Waals surface area contributed by atoms with Crippen molar-refractivity contribution in [3.8, 4) is 11.1 Å². The number of nitrogens with one attached hydrogen (secondary N) is 1. The van der Waals surface area contributed by atoms with Gasteiger partial charge in [-0.2, -0.15) is 0 Å². The van der Waals surface area contributed by atoms with Gasteiger partial charge in [0.1, 0.15) is 10.8 Å². The molecule has 1 unspecified atom stereocenters. The van der Waals surface area contributed by atoms with Crippen molar-refractivity contribution in [3.05, 3.63) is 59.8 Å². The summed E-state index contributed by atoms with van der Waals surface area (Å²) in [7, 11) is -3.19. The quantitative estimate of drug-likeness (QED) is 0.389. The SMILES string of the molecule is CS(=O)(=O)N1CCC(n2cc(-c3cccc(C(N)=S)c3)c3ccc(CCC(=O)CC4CCNC4)cc32)CC1. The Bertz CT molecular complexity index is 1450. The van der Waals surface area contributed by atoms with Crippen LogP contribution in [0.15, 0.2) is 48.7 Å². The summed E-state index contributed by atoms with van der Waals surface area (Å²) in [5, 5.41) is 4.47. The van der Waals surface area contributed by atoms with E-state index in [0.29, 0.717) is 42.6 Å². The summed E-state index contributed by atoms with van der Waals surface area (Å²) < 4.78 is 28.0. The van der Waals surface area contributed by atoms with Gasteiger partial charge < -0.3 is 15.6 Å². The topological polar surface area (TPSA) is 97.4 Å². The van der Waals surface area contributed by atoms with Gasteiger partial charge in [-0.15, -0.1) is 0 Å². The first-order valence-corrected chi connectivity index (χ1v) is 15.7. The molecule has 202 valence electrons. The zero-order valence-corrected chi connectivity index (χ0v) is 23.5. The number of carbonyl (C=O) groups is 1. The van der Waals surface area contributed by atoms with Gasteiger partial charge in [-0.1, -0.05) is 42.5 Å². The van der Waals surface area contributed by atoms with Gasteiger partial charge in [0.2, 0.25) is 10.0 Å². The van der Waals surface area contributed by atoms with Crippen molar-refractivity contribution < 1.29 is 13.2 Å². The molecule has 38 heavy (non-hydrogen) atoms. The highest BCUT2D eigenvalue weighted by molar-refractivity contribution is 7.88. The van der Waals surface area contributed by atoms with Crippen LogP contribution in [-0.4, -0.2) is 60.5 Å². The predicted octanol–water partition coefficient (Wildman–Crippen LogP) is 4.04. The normalized spacial score (nSPS) is 19.2. The lowest BCUT2D eigenvalue weighted by atomic mass is 9.97. The molecular weight excluding hydrogens is 516 g/mol.